The summed E-state index contributed by atoms with van der Waals surface area (Å²) in [7, 11) is 1.61. The molecule has 1 saturated heterocycles. The van der Waals surface area contributed by atoms with E-state index in [4.69, 9.17) is 9.47 Å². The predicted octanol–water partition coefficient (Wildman–Crippen LogP) is 1.77. The molecule has 1 unspecified atom stereocenters. The standard InChI is InChI=1S/C18H21N5O3/c1-3-22-11-13(9-20-22)16-12-21(6-7-26-16)18(24)15-10-19-17-8-14(25-2)4-5-23(15)17/h4-5,8-11,16H,3,6-7,12H2,1-2H3. The largest absolute Gasteiger partial charge is 0.497 e. The molecule has 4 heterocycles. The highest BCUT2D eigenvalue weighted by Crippen LogP contribution is 2.23. The van der Waals surface area contributed by atoms with E-state index in [-0.39, 0.29) is 12.0 Å². The molecule has 136 valence electrons. The summed E-state index contributed by atoms with van der Waals surface area (Å²) in [6, 6.07) is 3.62. The lowest BCUT2D eigenvalue weighted by atomic mass is 10.1. The quantitative estimate of drug-likeness (QED) is 0.713. The number of hydrogen-bond donors (Lipinski definition) is 0. The van der Waals surface area contributed by atoms with Gasteiger partial charge in [-0.15, -0.1) is 0 Å². The number of methoxy groups -OCH3 is 1. The first-order chi connectivity index (χ1) is 12.7. The molecule has 26 heavy (non-hydrogen) atoms. The number of hydrogen-bond acceptors (Lipinski definition) is 5. The van der Waals surface area contributed by atoms with Crippen molar-refractivity contribution in [2.24, 2.45) is 0 Å². The number of carbonyl (C=O) groups is 1. The van der Waals surface area contributed by atoms with Gasteiger partial charge in [-0.1, -0.05) is 0 Å². The lowest BCUT2D eigenvalue weighted by molar-refractivity contribution is -0.0230. The van der Waals surface area contributed by atoms with E-state index in [1.54, 1.807) is 30.0 Å². The average Bonchev–Trinajstić information content (AvgIpc) is 3.34. The molecule has 1 atom stereocenters. The summed E-state index contributed by atoms with van der Waals surface area (Å²) < 4.78 is 14.7. The highest BCUT2D eigenvalue weighted by molar-refractivity contribution is 5.93. The third kappa shape index (κ3) is 2.92. The van der Waals surface area contributed by atoms with Crippen LogP contribution in [0.5, 0.6) is 5.75 Å². The van der Waals surface area contributed by atoms with Gasteiger partial charge in [0.15, 0.2) is 0 Å². The van der Waals surface area contributed by atoms with E-state index >= 15 is 0 Å². The molecule has 1 fully saturated rings. The van der Waals surface area contributed by atoms with Crippen LogP contribution in [-0.2, 0) is 11.3 Å². The molecule has 0 spiro atoms. The first-order valence-corrected chi connectivity index (χ1v) is 8.64. The molecule has 1 amide bonds. The van der Waals surface area contributed by atoms with Crippen LogP contribution in [0.3, 0.4) is 0 Å². The van der Waals surface area contributed by atoms with Crippen molar-refractivity contribution in [3.05, 3.63) is 48.2 Å². The fourth-order valence-electron chi connectivity index (χ4n) is 3.16. The summed E-state index contributed by atoms with van der Waals surface area (Å²) >= 11 is 0. The summed E-state index contributed by atoms with van der Waals surface area (Å²) in [5, 5.41) is 4.29. The maximum atomic E-state index is 13.0. The van der Waals surface area contributed by atoms with E-state index in [0.717, 1.165) is 12.1 Å². The summed E-state index contributed by atoms with van der Waals surface area (Å²) in [6.45, 7) is 4.39. The molecule has 4 rings (SSSR count). The van der Waals surface area contributed by atoms with Crippen molar-refractivity contribution >= 4 is 11.6 Å². The minimum absolute atomic E-state index is 0.0566. The van der Waals surface area contributed by atoms with Crippen molar-refractivity contribution in [1.82, 2.24) is 24.1 Å². The lowest BCUT2D eigenvalue weighted by Gasteiger charge is -2.32. The number of aromatic nitrogens is 4. The molecule has 8 nitrogen and oxygen atoms in total. The monoisotopic (exact) mass is 355 g/mol. The smallest absolute Gasteiger partial charge is 0.272 e. The van der Waals surface area contributed by atoms with Crippen molar-refractivity contribution in [3.63, 3.8) is 0 Å². The summed E-state index contributed by atoms with van der Waals surface area (Å²) in [5.41, 5.74) is 2.21. The molecule has 0 aromatic carbocycles. The Hall–Kier alpha value is -2.87. The van der Waals surface area contributed by atoms with Crippen LogP contribution in [-0.4, -0.2) is 56.8 Å². The first kappa shape index (κ1) is 16.6. The van der Waals surface area contributed by atoms with Gasteiger partial charge in [-0.3, -0.25) is 13.9 Å². The Morgan fingerprint density at radius 2 is 2.31 bits per heavy atom. The first-order valence-electron chi connectivity index (χ1n) is 8.64. The normalized spacial score (nSPS) is 17.6. The van der Waals surface area contributed by atoms with Crippen LogP contribution >= 0.6 is 0 Å². The fraction of sp³-hybridized carbons (Fsp3) is 0.389. The van der Waals surface area contributed by atoms with E-state index in [1.165, 1.54) is 0 Å². The van der Waals surface area contributed by atoms with E-state index in [2.05, 4.69) is 10.1 Å². The van der Waals surface area contributed by atoms with Crippen molar-refractivity contribution < 1.29 is 14.3 Å². The zero-order chi connectivity index (χ0) is 18.1. The van der Waals surface area contributed by atoms with Crippen LogP contribution < -0.4 is 4.74 Å². The van der Waals surface area contributed by atoms with Crippen molar-refractivity contribution in [1.29, 1.82) is 0 Å². The third-order valence-electron chi connectivity index (χ3n) is 4.64. The molecular formula is C18H21N5O3. The van der Waals surface area contributed by atoms with Crippen LogP contribution in [0, 0.1) is 0 Å². The van der Waals surface area contributed by atoms with Gasteiger partial charge in [0.1, 0.15) is 23.2 Å². The van der Waals surface area contributed by atoms with E-state index in [9.17, 15) is 4.79 Å². The minimum atomic E-state index is -0.160. The van der Waals surface area contributed by atoms with Crippen molar-refractivity contribution in [2.45, 2.75) is 19.6 Å². The molecule has 8 heteroatoms. The number of nitrogens with zero attached hydrogens (tertiary/aromatic N) is 5. The Balaban J connectivity index is 1.56. The number of imidazole rings is 1. The lowest BCUT2D eigenvalue weighted by Crippen LogP contribution is -2.42. The molecule has 3 aromatic heterocycles. The molecule has 1 aliphatic rings. The minimum Gasteiger partial charge on any atom is -0.497 e. The van der Waals surface area contributed by atoms with Gasteiger partial charge in [0, 0.05) is 37.1 Å². The van der Waals surface area contributed by atoms with E-state index < -0.39 is 0 Å². The van der Waals surface area contributed by atoms with Gasteiger partial charge < -0.3 is 14.4 Å². The van der Waals surface area contributed by atoms with Gasteiger partial charge in [-0.25, -0.2) is 4.98 Å². The highest BCUT2D eigenvalue weighted by Gasteiger charge is 2.28. The molecule has 3 aromatic rings. The van der Waals surface area contributed by atoms with Gasteiger partial charge in [-0.05, 0) is 13.0 Å². The number of morpholine rings is 1. The molecule has 0 radical (unpaired) electrons. The number of ether oxygens (including phenoxy) is 2. The fourth-order valence-corrected chi connectivity index (χ4v) is 3.16. The van der Waals surface area contributed by atoms with Crippen LogP contribution in [0.2, 0.25) is 0 Å². The molecule has 0 aliphatic carbocycles. The number of pyridine rings is 1. The maximum absolute atomic E-state index is 13.0. The maximum Gasteiger partial charge on any atom is 0.272 e. The summed E-state index contributed by atoms with van der Waals surface area (Å²) in [4.78, 5) is 19.2. The average molecular weight is 355 g/mol. The number of amides is 1. The van der Waals surface area contributed by atoms with E-state index in [1.807, 2.05) is 35.0 Å². The van der Waals surface area contributed by atoms with Crippen LogP contribution in [0.15, 0.2) is 36.9 Å². The zero-order valence-corrected chi connectivity index (χ0v) is 14.8. The Kier molecular flexibility index (Phi) is 4.34. The second-order valence-corrected chi connectivity index (χ2v) is 6.18. The second-order valence-electron chi connectivity index (χ2n) is 6.18. The van der Waals surface area contributed by atoms with Gasteiger partial charge in [0.2, 0.25) is 0 Å². The van der Waals surface area contributed by atoms with Gasteiger partial charge in [0.05, 0.1) is 32.7 Å². The van der Waals surface area contributed by atoms with Crippen LogP contribution in [0.4, 0.5) is 0 Å². The number of carbonyl (C=O) groups excluding carboxylic acids is 1. The number of fused-ring (bicyclic) bond motifs is 1. The Bertz CT molecular complexity index is 932. The molecular weight excluding hydrogens is 334 g/mol. The Labute approximate surface area is 150 Å². The Morgan fingerprint density at radius 3 is 3.08 bits per heavy atom. The van der Waals surface area contributed by atoms with Crippen molar-refractivity contribution in [2.75, 3.05) is 26.8 Å². The van der Waals surface area contributed by atoms with Crippen LogP contribution in [0.25, 0.3) is 5.65 Å². The topological polar surface area (TPSA) is 73.9 Å². The SMILES string of the molecule is CCn1cc(C2CN(C(=O)c3cnc4cc(OC)ccn34)CCO2)cn1. The van der Waals surface area contributed by atoms with Crippen LogP contribution in [0.1, 0.15) is 29.1 Å². The second kappa shape index (κ2) is 6.80. The van der Waals surface area contributed by atoms with E-state index in [0.29, 0.717) is 36.8 Å². The molecule has 1 aliphatic heterocycles. The summed E-state index contributed by atoms with van der Waals surface area (Å²) in [5.74, 6) is 0.653. The zero-order valence-electron chi connectivity index (χ0n) is 14.8. The Morgan fingerprint density at radius 1 is 1.42 bits per heavy atom. The number of rotatable bonds is 4. The molecule has 0 bridgehead atoms. The van der Waals surface area contributed by atoms with Gasteiger partial charge in [0.25, 0.3) is 5.91 Å². The van der Waals surface area contributed by atoms with Crippen molar-refractivity contribution in [3.8, 4) is 5.75 Å². The number of aryl methyl sites for hydroxylation is 1. The predicted molar refractivity (Wildman–Crippen MR) is 94.2 cm³/mol. The third-order valence-corrected chi connectivity index (χ3v) is 4.64. The van der Waals surface area contributed by atoms with Gasteiger partial charge >= 0.3 is 0 Å². The summed E-state index contributed by atoms with van der Waals surface area (Å²) in [6.07, 6.45) is 7.03. The van der Waals surface area contributed by atoms with Gasteiger partial charge in [-0.2, -0.15) is 5.10 Å². The molecule has 0 saturated carbocycles. The highest BCUT2D eigenvalue weighted by atomic mass is 16.5. The molecule has 0 N–H and O–H groups in total.